The van der Waals surface area contributed by atoms with E-state index in [1.165, 1.54) is 17.1 Å². The summed E-state index contributed by atoms with van der Waals surface area (Å²) in [4.78, 5) is 0.131. The topological polar surface area (TPSA) is 84.2 Å². The lowest BCUT2D eigenvalue weighted by molar-refractivity contribution is 0.269. The van der Waals surface area contributed by atoms with Crippen LogP contribution in [0.15, 0.2) is 17.3 Å². The number of nitrogens with one attached hydrogen (secondary N) is 1. The van der Waals surface area contributed by atoms with Crippen molar-refractivity contribution < 1.29 is 13.5 Å². The number of sulfonamides is 1. The second kappa shape index (κ2) is 6.31. The van der Waals surface area contributed by atoms with Crippen LogP contribution >= 0.6 is 0 Å². The molecule has 0 fully saturated rings. The fraction of sp³-hybridized carbons (Fsp3) is 0.727. The molecule has 0 radical (unpaired) electrons. The molecule has 1 rings (SSSR count). The maximum absolute atomic E-state index is 12.0. The van der Waals surface area contributed by atoms with Crippen molar-refractivity contribution in [2.45, 2.75) is 44.7 Å². The maximum Gasteiger partial charge on any atom is 0.243 e. The summed E-state index contributed by atoms with van der Waals surface area (Å²) in [6, 6.07) is -0.115. The Balaban J connectivity index is 2.73. The van der Waals surface area contributed by atoms with Gasteiger partial charge in [-0.3, -0.25) is 4.68 Å². The van der Waals surface area contributed by atoms with Gasteiger partial charge in [0.1, 0.15) is 4.90 Å². The van der Waals surface area contributed by atoms with Crippen molar-refractivity contribution in [2.24, 2.45) is 5.92 Å². The van der Waals surface area contributed by atoms with Crippen molar-refractivity contribution in [3.8, 4) is 0 Å². The summed E-state index contributed by atoms with van der Waals surface area (Å²) in [6.07, 6.45) is 3.49. The number of aromatic nitrogens is 2. The number of aliphatic hydroxyl groups excluding tert-OH is 1. The van der Waals surface area contributed by atoms with Crippen LogP contribution in [-0.2, 0) is 16.6 Å². The van der Waals surface area contributed by atoms with Gasteiger partial charge in [-0.15, -0.1) is 0 Å². The molecule has 0 aromatic carbocycles. The first kappa shape index (κ1) is 15.1. The van der Waals surface area contributed by atoms with Crippen molar-refractivity contribution >= 4 is 10.0 Å². The highest BCUT2D eigenvalue weighted by atomic mass is 32.2. The highest BCUT2D eigenvalue weighted by Crippen LogP contribution is 2.11. The van der Waals surface area contributed by atoms with Crippen LogP contribution in [0.3, 0.4) is 0 Å². The van der Waals surface area contributed by atoms with Crippen LogP contribution in [0.5, 0.6) is 0 Å². The Labute approximate surface area is 108 Å². The number of rotatable bonds is 7. The highest BCUT2D eigenvalue weighted by molar-refractivity contribution is 7.89. The SMILES string of the molecule is CC(C)CC(C)NS(=O)(=O)c1cnn(CCO)c1. The van der Waals surface area contributed by atoms with Gasteiger partial charge in [-0.25, -0.2) is 13.1 Å². The van der Waals surface area contributed by atoms with E-state index in [1.807, 2.05) is 20.8 Å². The molecule has 6 nitrogen and oxygen atoms in total. The van der Waals surface area contributed by atoms with Crippen LogP contribution in [0.4, 0.5) is 0 Å². The molecule has 2 N–H and O–H groups in total. The average molecular weight is 275 g/mol. The number of aliphatic hydroxyl groups is 1. The lowest BCUT2D eigenvalue weighted by atomic mass is 10.1. The van der Waals surface area contributed by atoms with E-state index in [0.29, 0.717) is 5.92 Å². The minimum Gasteiger partial charge on any atom is -0.394 e. The van der Waals surface area contributed by atoms with Gasteiger partial charge >= 0.3 is 0 Å². The van der Waals surface area contributed by atoms with E-state index in [2.05, 4.69) is 9.82 Å². The van der Waals surface area contributed by atoms with Gasteiger partial charge in [0.15, 0.2) is 0 Å². The molecule has 1 aromatic rings. The van der Waals surface area contributed by atoms with E-state index in [9.17, 15) is 8.42 Å². The smallest absolute Gasteiger partial charge is 0.243 e. The third kappa shape index (κ3) is 4.40. The third-order valence-corrected chi connectivity index (χ3v) is 3.97. The summed E-state index contributed by atoms with van der Waals surface area (Å²) in [7, 11) is -3.52. The minimum atomic E-state index is -3.52. The molecule has 0 amide bonds. The summed E-state index contributed by atoms with van der Waals surface area (Å²) in [5, 5.41) is 12.6. The number of hydrogen-bond donors (Lipinski definition) is 2. The standard InChI is InChI=1S/C11H21N3O3S/c1-9(2)6-10(3)13-18(16,17)11-7-12-14(8-11)4-5-15/h7-10,13,15H,4-6H2,1-3H3. The molecular weight excluding hydrogens is 254 g/mol. The molecule has 1 aromatic heterocycles. The Morgan fingerprint density at radius 3 is 2.67 bits per heavy atom. The molecular formula is C11H21N3O3S. The van der Waals surface area contributed by atoms with E-state index in [0.717, 1.165) is 6.42 Å². The monoisotopic (exact) mass is 275 g/mol. The van der Waals surface area contributed by atoms with Crippen molar-refractivity contribution in [3.63, 3.8) is 0 Å². The molecule has 0 aliphatic rings. The largest absolute Gasteiger partial charge is 0.394 e. The second-order valence-electron chi connectivity index (χ2n) is 4.81. The van der Waals surface area contributed by atoms with Gasteiger partial charge in [0, 0.05) is 12.2 Å². The Bertz CT molecular complexity index is 468. The van der Waals surface area contributed by atoms with E-state index < -0.39 is 10.0 Å². The lowest BCUT2D eigenvalue weighted by Crippen LogP contribution is -2.33. The van der Waals surface area contributed by atoms with Gasteiger partial charge in [-0.05, 0) is 19.3 Å². The predicted molar refractivity (Wildman–Crippen MR) is 68.6 cm³/mol. The third-order valence-electron chi connectivity index (χ3n) is 2.43. The average Bonchev–Trinajstić information content (AvgIpc) is 2.65. The van der Waals surface area contributed by atoms with Gasteiger partial charge < -0.3 is 5.11 Å². The zero-order valence-corrected chi connectivity index (χ0v) is 11.8. The Morgan fingerprint density at radius 2 is 2.11 bits per heavy atom. The van der Waals surface area contributed by atoms with Gasteiger partial charge in [0.25, 0.3) is 0 Å². The van der Waals surface area contributed by atoms with E-state index in [1.54, 1.807) is 0 Å². The molecule has 1 atom stereocenters. The zero-order chi connectivity index (χ0) is 13.8. The number of nitrogens with zero attached hydrogens (tertiary/aromatic N) is 2. The molecule has 0 aliphatic heterocycles. The second-order valence-corrected chi connectivity index (χ2v) is 6.53. The van der Waals surface area contributed by atoms with Gasteiger partial charge in [0.05, 0.1) is 19.3 Å². The molecule has 0 saturated carbocycles. The highest BCUT2D eigenvalue weighted by Gasteiger charge is 2.19. The van der Waals surface area contributed by atoms with E-state index in [-0.39, 0.29) is 24.1 Å². The number of hydrogen-bond acceptors (Lipinski definition) is 4. The van der Waals surface area contributed by atoms with Crippen LogP contribution in [0.2, 0.25) is 0 Å². The molecule has 18 heavy (non-hydrogen) atoms. The van der Waals surface area contributed by atoms with Crippen LogP contribution in [-0.4, -0.2) is 36.0 Å². The quantitative estimate of drug-likeness (QED) is 0.762. The van der Waals surface area contributed by atoms with Gasteiger partial charge in [-0.2, -0.15) is 5.10 Å². The first-order chi connectivity index (χ1) is 8.35. The lowest BCUT2D eigenvalue weighted by Gasteiger charge is -2.15. The Hall–Kier alpha value is -0.920. The van der Waals surface area contributed by atoms with Crippen LogP contribution < -0.4 is 4.72 Å². The Kier molecular flexibility index (Phi) is 5.30. The van der Waals surface area contributed by atoms with Crippen molar-refractivity contribution in [2.75, 3.05) is 6.61 Å². The van der Waals surface area contributed by atoms with Gasteiger partial charge in [0.2, 0.25) is 10.0 Å². The van der Waals surface area contributed by atoms with E-state index >= 15 is 0 Å². The van der Waals surface area contributed by atoms with Crippen LogP contribution in [0.1, 0.15) is 27.2 Å². The molecule has 0 aliphatic carbocycles. The fourth-order valence-electron chi connectivity index (χ4n) is 1.80. The van der Waals surface area contributed by atoms with Crippen LogP contribution in [0, 0.1) is 5.92 Å². The summed E-state index contributed by atoms with van der Waals surface area (Å²) >= 11 is 0. The molecule has 7 heteroatoms. The van der Waals surface area contributed by atoms with Crippen molar-refractivity contribution in [1.29, 1.82) is 0 Å². The normalized spacial score (nSPS) is 14.1. The van der Waals surface area contributed by atoms with Crippen molar-refractivity contribution in [3.05, 3.63) is 12.4 Å². The zero-order valence-electron chi connectivity index (χ0n) is 11.0. The minimum absolute atomic E-state index is 0.0711. The van der Waals surface area contributed by atoms with Gasteiger partial charge in [-0.1, -0.05) is 13.8 Å². The summed E-state index contributed by atoms with van der Waals surface area (Å²) < 4.78 is 28.0. The summed E-state index contributed by atoms with van der Waals surface area (Å²) in [5.41, 5.74) is 0. The molecule has 104 valence electrons. The molecule has 1 heterocycles. The summed E-state index contributed by atoms with van der Waals surface area (Å²) in [5.74, 6) is 0.430. The predicted octanol–water partition coefficient (Wildman–Crippen LogP) is 0.588. The molecule has 1 unspecified atom stereocenters. The molecule has 0 bridgehead atoms. The molecule has 0 spiro atoms. The Morgan fingerprint density at radius 1 is 1.44 bits per heavy atom. The summed E-state index contributed by atoms with van der Waals surface area (Å²) in [6.45, 7) is 6.15. The first-order valence-electron chi connectivity index (χ1n) is 6.01. The first-order valence-corrected chi connectivity index (χ1v) is 7.49. The fourth-order valence-corrected chi connectivity index (χ4v) is 3.00. The van der Waals surface area contributed by atoms with E-state index in [4.69, 9.17) is 5.11 Å². The van der Waals surface area contributed by atoms with Crippen LogP contribution in [0.25, 0.3) is 0 Å². The van der Waals surface area contributed by atoms with Crippen molar-refractivity contribution in [1.82, 2.24) is 14.5 Å². The molecule has 0 saturated heterocycles. The maximum atomic E-state index is 12.0.